The molecule has 2 aliphatic heterocycles. The third-order valence-electron chi connectivity index (χ3n) is 8.87. The summed E-state index contributed by atoms with van der Waals surface area (Å²) in [6.45, 7) is 11.2. The quantitative estimate of drug-likeness (QED) is 0.179. The molecule has 1 aromatic carbocycles. The van der Waals surface area contributed by atoms with Gasteiger partial charge in [0, 0.05) is 42.1 Å². The highest BCUT2D eigenvalue weighted by molar-refractivity contribution is 8.04. The normalized spacial score (nSPS) is 17.2. The zero-order valence-electron chi connectivity index (χ0n) is 26.5. The number of hydrogen-bond donors (Lipinski definition) is 2. The fraction of sp³-hybridized carbons (Fsp3) is 0.529. The predicted molar refractivity (Wildman–Crippen MR) is 182 cm³/mol. The highest BCUT2D eigenvalue weighted by atomic mass is 35.5. The Morgan fingerprint density at radius 3 is 2.66 bits per heavy atom. The first-order valence-electron chi connectivity index (χ1n) is 16.0. The van der Waals surface area contributed by atoms with E-state index in [0.717, 1.165) is 48.0 Å². The third-order valence-corrected chi connectivity index (χ3v) is 10.5. The monoisotopic (exact) mass is 639 g/mol. The second-order valence-electron chi connectivity index (χ2n) is 11.7. The molecular formula is C34H46ClN5O3S. The summed E-state index contributed by atoms with van der Waals surface area (Å²) >= 11 is 8.25. The number of benzene rings is 1. The van der Waals surface area contributed by atoms with Crippen LogP contribution in [-0.4, -0.2) is 44.8 Å². The summed E-state index contributed by atoms with van der Waals surface area (Å²) in [7, 11) is 0. The molecule has 2 N–H and O–H groups in total. The van der Waals surface area contributed by atoms with Gasteiger partial charge in [0.05, 0.1) is 10.7 Å². The number of halogens is 1. The molecule has 0 aliphatic carbocycles. The van der Waals surface area contributed by atoms with Crippen molar-refractivity contribution in [1.82, 2.24) is 14.5 Å². The molecule has 3 heterocycles. The van der Waals surface area contributed by atoms with E-state index in [2.05, 4.69) is 48.1 Å². The summed E-state index contributed by atoms with van der Waals surface area (Å²) < 4.78 is 1.47. The summed E-state index contributed by atoms with van der Waals surface area (Å²) in [4.78, 5) is 39.3. The summed E-state index contributed by atoms with van der Waals surface area (Å²) in [5.41, 5.74) is -0.105. The molecule has 0 unspecified atom stereocenters. The Balaban J connectivity index is 1.47. The number of fused-ring (bicyclic) bond motifs is 1. The third kappa shape index (κ3) is 7.96. The Morgan fingerprint density at radius 2 is 1.98 bits per heavy atom. The number of anilines is 1. The van der Waals surface area contributed by atoms with Gasteiger partial charge in [-0.25, -0.2) is 4.99 Å². The Bertz CT molecular complexity index is 1470. The molecule has 2 aliphatic rings. The van der Waals surface area contributed by atoms with Gasteiger partial charge in [-0.3, -0.25) is 14.2 Å². The minimum atomic E-state index is -0.739. The van der Waals surface area contributed by atoms with E-state index in [1.807, 2.05) is 19.2 Å². The van der Waals surface area contributed by atoms with Gasteiger partial charge in [-0.1, -0.05) is 75.5 Å². The summed E-state index contributed by atoms with van der Waals surface area (Å²) in [5.74, 6) is 0.189. The van der Waals surface area contributed by atoms with Crippen molar-refractivity contribution < 1.29 is 9.90 Å². The van der Waals surface area contributed by atoms with Crippen molar-refractivity contribution in [2.75, 3.05) is 18.4 Å². The molecule has 1 amide bonds. The molecule has 4 rings (SSSR count). The number of aliphatic imine (C=N–C) groups is 1. The standard InChI is InChI=1S/C34H46ClN5O3S/c1-5-9-17-34(8-4)18-21-39(22-19-34)27(7-3)36-23-24(13-6-2)44-26-15-12-14-25(30(26)35)37-31(41)29-32(42)38-28-16-10-11-20-40(28)33(29)43/h7,12-15,23,42H,5-6,8-11,16-22H2,1-4H3,(H,37,41)/b24-13-,27-7+,36-23-. The zero-order chi connectivity index (χ0) is 31.7. The van der Waals surface area contributed by atoms with Crippen LogP contribution in [0.25, 0.3) is 0 Å². The Labute approximate surface area is 270 Å². The lowest BCUT2D eigenvalue weighted by atomic mass is 9.72. The summed E-state index contributed by atoms with van der Waals surface area (Å²) in [6, 6.07) is 5.36. The molecule has 44 heavy (non-hydrogen) atoms. The van der Waals surface area contributed by atoms with Gasteiger partial charge >= 0.3 is 0 Å². The first kappa shape index (κ1) is 33.8. The molecule has 10 heteroatoms. The number of rotatable bonds is 12. The number of likely N-dealkylation sites (tertiary alicyclic amines) is 1. The van der Waals surface area contributed by atoms with Crippen LogP contribution in [0.4, 0.5) is 5.69 Å². The number of amides is 1. The van der Waals surface area contributed by atoms with E-state index in [0.29, 0.717) is 34.9 Å². The topological polar surface area (TPSA) is 99.8 Å². The second kappa shape index (κ2) is 15.8. The number of carbonyl (C=O) groups is 1. The number of hydrogen-bond acceptors (Lipinski definition) is 7. The Kier molecular flexibility index (Phi) is 12.2. The SMILES string of the molecule is C\C=C(/N=C\C(=C\CC)Sc1cccc(NC(=O)c2c(O)nc3n(c2=O)CCCC3)c1Cl)N1CCC(CC)(CCCC)CC1. The lowest BCUT2D eigenvalue weighted by Crippen LogP contribution is -2.39. The van der Waals surface area contributed by atoms with E-state index >= 15 is 0 Å². The number of aromatic nitrogens is 2. The van der Waals surface area contributed by atoms with E-state index < -0.39 is 17.3 Å². The summed E-state index contributed by atoms with van der Waals surface area (Å²) in [6.07, 6.45) is 16.7. The van der Waals surface area contributed by atoms with Crippen LogP contribution in [0, 0.1) is 5.41 Å². The minimum absolute atomic E-state index is 0.344. The maximum Gasteiger partial charge on any atom is 0.270 e. The molecule has 0 bridgehead atoms. The van der Waals surface area contributed by atoms with Gasteiger partial charge in [0.25, 0.3) is 11.5 Å². The molecular weight excluding hydrogens is 594 g/mol. The molecule has 0 atom stereocenters. The molecule has 1 aromatic heterocycles. The molecule has 0 spiro atoms. The number of piperidine rings is 1. The van der Waals surface area contributed by atoms with Crippen LogP contribution in [0.5, 0.6) is 5.88 Å². The summed E-state index contributed by atoms with van der Waals surface area (Å²) in [5, 5.41) is 13.5. The van der Waals surface area contributed by atoms with Gasteiger partial charge in [0.2, 0.25) is 5.88 Å². The smallest absolute Gasteiger partial charge is 0.270 e. The van der Waals surface area contributed by atoms with Gasteiger partial charge in [-0.2, -0.15) is 4.98 Å². The molecule has 1 saturated heterocycles. The molecule has 8 nitrogen and oxygen atoms in total. The highest BCUT2D eigenvalue weighted by Crippen LogP contribution is 2.41. The number of allylic oxidation sites excluding steroid dienone is 3. The maximum atomic E-state index is 13.2. The van der Waals surface area contributed by atoms with Gasteiger partial charge < -0.3 is 15.3 Å². The average molecular weight is 640 g/mol. The number of carbonyl (C=O) groups excluding carboxylic acids is 1. The first-order chi connectivity index (χ1) is 21.3. The van der Waals surface area contributed by atoms with Crippen LogP contribution in [0.3, 0.4) is 0 Å². The lowest BCUT2D eigenvalue weighted by molar-refractivity contribution is 0.102. The predicted octanol–water partition coefficient (Wildman–Crippen LogP) is 8.19. The van der Waals surface area contributed by atoms with Crippen LogP contribution in [0.1, 0.15) is 102 Å². The van der Waals surface area contributed by atoms with Gasteiger partial charge in [0.1, 0.15) is 11.6 Å². The number of thioether (sulfide) groups is 1. The molecule has 238 valence electrons. The van der Waals surface area contributed by atoms with E-state index in [1.54, 1.807) is 12.1 Å². The molecule has 2 aromatic rings. The number of aryl methyl sites for hydroxylation is 1. The van der Waals surface area contributed by atoms with Gasteiger partial charge in [-0.15, -0.1) is 0 Å². The fourth-order valence-corrected chi connectivity index (χ4v) is 7.33. The van der Waals surface area contributed by atoms with Crippen molar-refractivity contribution in [1.29, 1.82) is 0 Å². The number of nitrogens with one attached hydrogen (secondary N) is 1. The van der Waals surface area contributed by atoms with Crippen LogP contribution in [0.15, 0.2) is 55.8 Å². The Morgan fingerprint density at radius 1 is 1.20 bits per heavy atom. The molecule has 0 radical (unpaired) electrons. The highest BCUT2D eigenvalue weighted by Gasteiger charge is 2.32. The molecule has 1 fully saturated rings. The number of unbranched alkanes of at least 4 members (excludes halogenated alkanes) is 1. The zero-order valence-corrected chi connectivity index (χ0v) is 28.1. The van der Waals surface area contributed by atoms with Crippen molar-refractivity contribution in [3.05, 3.63) is 67.8 Å². The van der Waals surface area contributed by atoms with E-state index in [-0.39, 0.29) is 5.56 Å². The van der Waals surface area contributed by atoms with Crippen LogP contribution in [-0.2, 0) is 13.0 Å². The van der Waals surface area contributed by atoms with Crippen molar-refractivity contribution in [2.45, 2.75) is 103 Å². The van der Waals surface area contributed by atoms with E-state index in [1.165, 1.54) is 54.9 Å². The van der Waals surface area contributed by atoms with Gasteiger partial charge in [-0.05, 0) is 69.1 Å². The van der Waals surface area contributed by atoms with Crippen molar-refractivity contribution >= 4 is 41.2 Å². The maximum absolute atomic E-state index is 13.2. The van der Waals surface area contributed by atoms with Crippen LogP contribution < -0.4 is 10.9 Å². The molecule has 0 saturated carbocycles. The Hall–Kier alpha value is -3.04. The largest absolute Gasteiger partial charge is 0.493 e. The van der Waals surface area contributed by atoms with Crippen molar-refractivity contribution in [2.24, 2.45) is 10.4 Å². The number of nitrogens with zero attached hydrogens (tertiary/aromatic N) is 4. The van der Waals surface area contributed by atoms with Crippen LogP contribution in [0.2, 0.25) is 5.02 Å². The minimum Gasteiger partial charge on any atom is -0.493 e. The first-order valence-corrected chi connectivity index (χ1v) is 17.2. The van der Waals surface area contributed by atoms with Crippen molar-refractivity contribution in [3.63, 3.8) is 0 Å². The van der Waals surface area contributed by atoms with Gasteiger partial charge in [0.15, 0.2) is 5.56 Å². The number of aromatic hydroxyl groups is 1. The fourth-order valence-electron chi connectivity index (χ4n) is 6.09. The lowest BCUT2D eigenvalue weighted by Gasteiger charge is -2.42. The van der Waals surface area contributed by atoms with Crippen molar-refractivity contribution in [3.8, 4) is 5.88 Å². The van der Waals surface area contributed by atoms with Crippen LogP contribution >= 0.6 is 23.4 Å². The average Bonchev–Trinajstić information content (AvgIpc) is 3.03. The second-order valence-corrected chi connectivity index (χ2v) is 13.2. The van der Waals surface area contributed by atoms with E-state index in [4.69, 9.17) is 16.6 Å². The van der Waals surface area contributed by atoms with E-state index in [9.17, 15) is 14.7 Å².